The predicted octanol–water partition coefficient (Wildman–Crippen LogP) is 5.86. The molecule has 14 heteroatoms. The number of allylic oxidation sites excluding steroid dienone is 1. The number of phenols is 2. The van der Waals surface area contributed by atoms with E-state index in [2.05, 4.69) is 0 Å². The summed E-state index contributed by atoms with van der Waals surface area (Å²) < 4.78 is 129. The normalized spacial score (nSPS) is 19.6. The lowest BCUT2D eigenvalue weighted by Crippen LogP contribution is -2.48. The zero-order valence-corrected chi connectivity index (χ0v) is 18.5. The van der Waals surface area contributed by atoms with E-state index in [0.29, 0.717) is 6.07 Å². The quantitative estimate of drug-likeness (QED) is 0.105. The highest BCUT2D eigenvalue weighted by Crippen LogP contribution is 2.52. The largest absolute Gasteiger partial charge is 0.506 e. The van der Waals surface area contributed by atoms with Crippen molar-refractivity contribution in [1.82, 2.24) is 0 Å². The zero-order chi connectivity index (χ0) is 28.1. The third-order valence-electron chi connectivity index (χ3n) is 5.51. The van der Waals surface area contributed by atoms with Crippen LogP contribution in [0.25, 0.3) is 0 Å². The number of halogens is 8. The van der Waals surface area contributed by atoms with Crippen LogP contribution in [-0.4, -0.2) is 16.4 Å². The van der Waals surface area contributed by atoms with Crippen molar-refractivity contribution < 1.29 is 54.8 Å². The number of phenolic OH excluding ortho intramolecular Hbond substituents is 2. The van der Waals surface area contributed by atoms with Crippen molar-refractivity contribution in [3.63, 3.8) is 0 Å². The molecular formula is C24H14F8N2O4. The van der Waals surface area contributed by atoms with Crippen molar-refractivity contribution in [1.29, 1.82) is 0 Å². The van der Waals surface area contributed by atoms with Crippen LogP contribution in [0.2, 0.25) is 0 Å². The molecule has 0 aliphatic heterocycles. The minimum absolute atomic E-state index is 0.239. The van der Waals surface area contributed by atoms with E-state index < -0.39 is 92.5 Å². The summed E-state index contributed by atoms with van der Waals surface area (Å²) in [6.07, 6.45) is -3.61. The lowest BCUT2D eigenvalue weighted by molar-refractivity contribution is -0.00941. The second kappa shape index (κ2) is 9.36. The average molecular weight is 546 g/mol. The molecule has 3 aromatic carbocycles. The van der Waals surface area contributed by atoms with E-state index in [4.69, 9.17) is 20.9 Å². The monoisotopic (exact) mass is 546 g/mol. The summed E-state index contributed by atoms with van der Waals surface area (Å²) in [6, 6.07) is 4.77. The maximum Gasteiger partial charge on any atom is 0.229 e. The number of ether oxygens (including phenoxy) is 2. The first-order valence-electron chi connectivity index (χ1n) is 10.3. The SMILES string of the molecule is Nc1cc(OC2=C(F)C(F)C(Oc3ccc(O)c(N)c3)(c3cc(F)c(F)c(F)c3F)C(F)=C2F)ccc1O. The molecule has 6 N–H and O–H groups in total. The molecule has 3 aromatic rings. The molecule has 0 aromatic heterocycles. The number of alkyl halides is 1. The van der Waals surface area contributed by atoms with Crippen LogP contribution in [-0.2, 0) is 5.60 Å². The second-order valence-electron chi connectivity index (χ2n) is 7.90. The molecule has 2 unspecified atom stereocenters. The summed E-state index contributed by atoms with van der Waals surface area (Å²) in [6.45, 7) is 0. The first kappa shape index (κ1) is 26.4. The number of rotatable bonds is 5. The summed E-state index contributed by atoms with van der Waals surface area (Å²) in [5.74, 6) is -20.6. The fourth-order valence-electron chi connectivity index (χ4n) is 3.61. The molecule has 0 fully saturated rings. The minimum atomic E-state index is -3.96. The van der Waals surface area contributed by atoms with E-state index in [1.165, 1.54) is 0 Å². The molecule has 0 radical (unpaired) electrons. The number of nitrogens with two attached hydrogens (primary N) is 2. The fraction of sp³-hybridized carbons (Fsp3) is 0.0833. The minimum Gasteiger partial charge on any atom is -0.506 e. The molecule has 1 aliphatic carbocycles. The molecule has 200 valence electrons. The molecule has 0 spiro atoms. The topological polar surface area (TPSA) is 111 Å². The highest BCUT2D eigenvalue weighted by molar-refractivity contribution is 5.58. The molecule has 6 nitrogen and oxygen atoms in total. The summed E-state index contributed by atoms with van der Waals surface area (Å²) >= 11 is 0. The Bertz CT molecular complexity index is 1530. The fourth-order valence-corrected chi connectivity index (χ4v) is 3.61. The van der Waals surface area contributed by atoms with Crippen molar-refractivity contribution in [2.24, 2.45) is 0 Å². The number of benzene rings is 3. The van der Waals surface area contributed by atoms with E-state index in [-0.39, 0.29) is 11.8 Å². The van der Waals surface area contributed by atoms with Gasteiger partial charge in [0.25, 0.3) is 0 Å². The van der Waals surface area contributed by atoms with Crippen molar-refractivity contribution in [2.45, 2.75) is 11.8 Å². The Kier molecular flexibility index (Phi) is 6.51. The van der Waals surface area contributed by atoms with E-state index in [9.17, 15) is 27.8 Å². The maximum atomic E-state index is 15.8. The van der Waals surface area contributed by atoms with Crippen LogP contribution in [0.5, 0.6) is 23.0 Å². The molecule has 0 saturated carbocycles. The molecule has 1 aliphatic rings. The molecular weight excluding hydrogens is 532 g/mol. The van der Waals surface area contributed by atoms with E-state index >= 15 is 17.6 Å². The summed E-state index contributed by atoms with van der Waals surface area (Å²) in [5, 5.41) is 19.0. The Hall–Kier alpha value is -4.62. The van der Waals surface area contributed by atoms with Crippen LogP contribution in [0.1, 0.15) is 5.56 Å². The number of hydrogen-bond donors (Lipinski definition) is 4. The highest BCUT2D eigenvalue weighted by atomic mass is 19.2. The van der Waals surface area contributed by atoms with Crippen LogP contribution < -0.4 is 20.9 Å². The Balaban J connectivity index is 1.96. The van der Waals surface area contributed by atoms with Gasteiger partial charge in [-0.15, -0.1) is 0 Å². The van der Waals surface area contributed by atoms with Gasteiger partial charge in [0.1, 0.15) is 23.0 Å². The Morgan fingerprint density at radius 2 is 1.29 bits per heavy atom. The Morgan fingerprint density at radius 3 is 1.87 bits per heavy atom. The number of hydrogen-bond acceptors (Lipinski definition) is 6. The third-order valence-corrected chi connectivity index (χ3v) is 5.51. The lowest BCUT2D eigenvalue weighted by atomic mass is 9.82. The first-order valence-corrected chi connectivity index (χ1v) is 10.3. The Labute approximate surface area is 207 Å². The van der Waals surface area contributed by atoms with Crippen molar-refractivity contribution in [2.75, 3.05) is 11.5 Å². The van der Waals surface area contributed by atoms with Crippen LogP contribution in [0, 0.1) is 23.3 Å². The van der Waals surface area contributed by atoms with E-state index in [1.807, 2.05) is 0 Å². The van der Waals surface area contributed by atoms with Crippen molar-refractivity contribution >= 4 is 11.4 Å². The van der Waals surface area contributed by atoms with Gasteiger partial charge in [-0.25, -0.2) is 30.7 Å². The van der Waals surface area contributed by atoms with Gasteiger partial charge in [-0.1, -0.05) is 0 Å². The van der Waals surface area contributed by atoms with Gasteiger partial charge in [-0.05, 0) is 30.3 Å². The van der Waals surface area contributed by atoms with Gasteiger partial charge in [0.15, 0.2) is 34.9 Å². The van der Waals surface area contributed by atoms with Gasteiger partial charge < -0.3 is 31.2 Å². The predicted molar refractivity (Wildman–Crippen MR) is 117 cm³/mol. The first-order chi connectivity index (χ1) is 17.8. The molecule has 38 heavy (non-hydrogen) atoms. The number of anilines is 2. The van der Waals surface area contributed by atoms with Gasteiger partial charge in [0, 0.05) is 17.7 Å². The Morgan fingerprint density at radius 1 is 0.737 bits per heavy atom. The third kappa shape index (κ3) is 4.07. The van der Waals surface area contributed by atoms with Crippen LogP contribution in [0.3, 0.4) is 0 Å². The van der Waals surface area contributed by atoms with Gasteiger partial charge in [0.2, 0.25) is 23.4 Å². The molecule has 4 rings (SSSR count). The van der Waals surface area contributed by atoms with Gasteiger partial charge >= 0.3 is 0 Å². The number of nitrogen functional groups attached to an aromatic ring is 2. The molecule has 0 heterocycles. The second-order valence-corrected chi connectivity index (χ2v) is 7.90. The number of aromatic hydroxyl groups is 2. The lowest BCUT2D eigenvalue weighted by Gasteiger charge is -2.38. The standard InChI is InChI=1S/C24H14F8N2O4/c25-11-7-10(16(26)18(28)17(11)27)24(38-9-2-4-15(36)13(34)6-9)22(31)19(29)21(20(30)23(24)32)37-8-1-3-14(35)12(33)5-8/h1-7,22,35-36H,33-34H2. The molecule has 0 saturated heterocycles. The summed E-state index contributed by atoms with van der Waals surface area (Å²) in [5.41, 5.74) is 4.35. The molecule has 0 bridgehead atoms. The van der Waals surface area contributed by atoms with Crippen molar-refractivity contribution in [3.8, 4) is 23.0 Å². The van der Waals surface area contributed by atoms with Gasteiger partial charge in [-0.3, -0.25) is 0 Å². The smallest absolute Gasteiger partial charge is 0.229 e. The molecule has 0 amide bonds. The van der Waals surface area contributed by atoms with E-state index in [1.54, 1.807) is 0 Å². The molecule has 2 atom stereocenters. The average Bonchev–Trinajstić information content (AvgIpc) is 2.88. The summed E-state index contributed by atoms with van der Waals surface area (Å²) in [7, 11) is 0. The van der Waals surface area contributed by atoms with Crippen LogP contribution in [0.4, 0.5) is 46.5 Å². The van der Waals surface area contributed by atoms with Crippen LogP contribution >= 0.6 is 0 Å². The zero-order valence-electron chi connectivity index (χ0n) is 18.5. The van der Waals surface area contributed by atoms with Crippen LogP contribution in [0.15, 0.2) is 65.7 Å². The van der Waals surface area contributed by atoms with Gasteiger partial charge in [-0.2, -0.15) is 4.39 Å². The van der Waals surface area contributed by atoms with E-state index in [0.717, 1.165) is 30.3 Å². The van der Waals surface area contributed by atoms with Gasteiger partial charge in [0.05, 0.1) is 11.4 Å². The maximum absolute atomic E-state index is 15.8. The highest BCUT2D eigenvalue weighted by Gasteiger charge is 2.59. The summed E-state index contributed by atoms with van der Waals surface area (Å²) in [4.78, 5) is 0. The van der Waals surface area contributed by atoms with Crippen molar-refractivity contribution in [3.05, 3.63) is 94.5 Å².